The Morgan fingerprint density at radius 3 is 3.00 bits per heavy atom. The monoisotopic (exact) mass is 247 g/mol. The van der Waals surface area contributed by atoms with E-state index in [-0.39, 0.29) is 5.91 Å². The van der Waals surface area contributed by atoms with E-state index < -0.39 is 0 Å². The summed E-state index contributed by atoms with van der Waals surface area (Å²) in [6.07, 6.45) is 0.548. The van der Waals surface area contributed by atoms with Crippen LogP contribution in [0.2, 0.25) is 0 Å². The topological polar surface area (TPSA) is 29.1 Å². The summed E-state index contributed by atoms with van der Waals surface area (Å²) < 4.78 is 1.08. The normalized spacial score (nSPS) is 9.83. The number of amides is 1. The number of rotatable bonds is 3. The van der Waals surface area contributed by atoms with Gasteiger partial charge in [-0.3, -0.25) is 4.79 Å². The van der Waals surface area contributed by atoms with Crippen molar-refractivity contribution in [2.24, 2.45) is 0 Å². The zero-order valence-corrected chi connectivity index (χ0v) is 9.17. The average molecular weight is 248 g/mol. The molecule has 0 aliphatic rings. The van der Waals surface area contributed by atoms with Crippen LogP contribution in [0.4, 0.5) is 0 Å². The van der Waals surface area contributed by atoms with Crippen molar-refractivity contribution in [3.05, 3.63) is 20.8 Å². The van der Waals surface area contributed by atoms with E-state index in [2.05, 4.69) is 21.2 Å². The fourth-order valence-electron chi connectivity index (χ4n) is 0.757. The van der Waals surface area contributed by atoms with Gasteiger partial charge in [-0.1, -0.05) is 6.92 Å². The highest BCUT2D eigenvalue weighted by Crippen LogP contribution is 2.19. The summed E-state index contributed by atoms with van der Waals surface area (Å²) in [6.45, 7) is 2.49. The Morgan fingerprint density at radius 2 is 2.50 bits per heavy atom. The van der Waals surface area contributed by atoms with Crippen molar-refractivity contribution >= 4 is 33.2 Å². The lowest BCUT2D eigenvalue weighted by molar-refractivity contribution is -0.120. The van der Waals surface area contributed by atoms with Gasteiger partial charge in [0.2, 0.25) is 5.91 Å². The molecule has 0 radical (unpaired) electrons. The van der Waals surface area contributed by atoms with Gasteiger partial charge in [0.25, 0.3) is 0 Å². The maximum atomic E-state index is 10.9. The van der Waals surface area contributed by atoms with Crippen LogP contribution in [0, 0.1) is 0 Å². The lowest BCUT2D eigenvalue weighted by Crippen LogP contribution is -2.20. The van der Waals surface area contributed by atoms with Gasteiger partial charge in [-0.2, -0.15) is 0 Å². The summed E-state index contributed by atoms with van der Waals surface area (Å²) in [4.78, 5) is 12.0. The Bertz CT molecular complexity index is 272. The molecule has 0 aliphatic carbocycles. The highest BCUT2D eigenvalue weighted by atomic mass is 79.9. The Balaban J connectivity index is 2.38. The number of hydrogen-bond donors (Lipinski definition) is 1. The zero-order chi connectivity index (χ0) is 8.97. The van der Waals surface area contributed by atoms with Crippen molar-refractivity contribution in [2.75, 3.05) is 0 Å². The molecule has 0 bridgehead atoms. The summed E-state index contributed by atoms with van der Waals surface area (Å²) in [5, 5.41) is 4.82. The van der Waals surface area contributed by atoms with Crippen LogP contribution < -0.4 is 5.32 Å². The molecule has 12 heavy (non-hydrogen) atoms. The van der Waals surface area contributed by atoms with Crippen molar-refractivity contribution in [3.63, 3.8) is 0 Å². The Hall–Kier alpha value is -0.350. The molecule has 4 heteroatoms. The second kappa shape index (κ2) is 4.62. The van der Waals surface area contributed by atoms with Gasteiger partial charge in [-0.05, 0) is 22.0 Å². The minimum atomic E-state index is 0.0968. The highest BCUT2D eigenvalue weighted by Gasteiger charge is 1.99. The van der Waals surface area contributed by atoms with Gasteiger partial charge in [-0.25, -0.2) is 0 Å². The van der Waals surface area contributed by atoms with Gasteiger partial charge in [-0.15, -0.1) is 11.3 Å². The van der Waals surface area contributed by atoms with E-state index >= 15 is 0 Å². The molecule has 0 unspecified atom stereocenters. The van der Waals surface area contributed by atoms with Crippen LogP contribution in [-0.4, -0.2) is 5.91 Å². The standard InChI is InChI=1S/C8H10BrNOS/c1-2-8(11)10-4-7-3-6(9)5-12-7/h3,5H,2,4H2,1H3,(H,10,11). The average Bonchev–Trinajstić information content (AvgIpc) is 2.47. The molecule has 0 saturated heterocycles. The molecule has 0 saturated carbocycles. The molecular formula is C8H10BrNOS. The van der Waals surface area contributed by atoms with E-state index in [1.54, 1.807) is 11.3 Å². The first-order valence-electron chi connectivity index (χ1n) is 3.72. The third kappa shape index (κ3) is 2.95. The third-order valence-electron chi connectivity index (χ3n) is 1.40. The Morgan fingerprint density at radius 1 is 1.75 bits per heavy atom. The molecule has 66 valence electrons. The van der Waals surface area contributed by atoms with Gasteiger partial charge in [0.1, 0.15) is 0 Å². The van der Waals surface area contributed by atoms with Crippen LogP contribution in [0.3, 0.4) is 0 Å². The molecule has 0 atom stereocenters. The van der Waals surface area contributed by atoms with Crippen LogP contribution in [-0.2, 0) is 11.3 Å². The van der Waals surface area contributed by atoms with Gasteiger partial charge in [0, 0.05) is 21.2 Å². The van der Waals surface area contributed by atoms with Crippen LogP contribution in [0.15, 0.2) is 15.9 Å². The number of carbonyl (C=O) groups excluding carboxylic acids is 1. The quantitative estimate of drug-likeness (QED) is 0.874. The van der Waals surface area contributed by atoms with Crippen molar-refractivity contribution < 1.29 is 4.79 Å². The van der Waals surface area contributed by atoms with E-state index in [4.69, 9.17) is 0 Å². The van der Waals surface area contributed by atoms with E-state index in [1.807, 2.05) is 18.4 Å². The SMILES string of the molecule is CCC(=O)NCc1cc(Br)cs1. The lowest BCUT2D eigenvalue weighted by Gasteiger charge is -1.99. The van der Waals surface area contributed by atoms with Crippen molar-refractivity contribution in [1.29, 1.82) is 0 Å². The first kappa shape index (κ1) is 9.74. The largest absolute Gasteiger partial charge is 0.351 e. The Labute approximate surface area is 84.1 Å². The number of carbonyl (C=O) groups is 1. The number of thiophene rings is 1. The first-order valence-corrected chi connectivity index (χ1v) is 5.39. The smallest absolute Gasteiger partial charge is 0.220 e. The minimum Gasteiger partial charge on any atom is -0.351 e. The van der Waals surface area contributed by atoms with Gasteiger partial charge in [0.05, 0.1) is 6.54 Å². The fraction of sp³-hybridized carbons (Fsp3) is 0.375. The van der Waals surface area contributed by atoms with Crippen LogP contribution in [0.5, 0.6) is 0 Å². The molecule has 1 heterocycles. The third-order valence-corrected chi connectivity index (χ3v) is 3.10. The number of nitrogens with one attached hydrogen (secondary N) is 1. The maximum absolute atomic E-state index is 10.9. The van der Waals surface area contributed by atoms with Crippen LogP contribution in [0.1, 0.15) is 18.2 Å². The first-order chi connectivity index (χ1) is 5.72. The molecule has 2 nitrogen and oxygen atoms in total. The molecule has 0 fully saturated rings. The predicted molar refractivity (Wildman–Crippen MR) is 54.2 cm³/mol. The molecular weight excluding hydrogens is 238 g/mol. The van der Waals surface area contributed by atoms with Crippen molar-refractivity contribution in [1.82, 2.24) is 5.32 Å². The van der Waals surface area contributed by atoms with Gasteiger partial charge < -0.3 is 5.32 Å². The van der Waals surface area contributed by atoms with E-state index in [0.717, 1.165) is 4.47 Å². The second-order valence-corrected chi connectivity index (χ2v) is 4.27. The molecule has 1 N–H and O–H groups in total. The molecule has 1 amide bonds. The number of hydrogen-bond acceptors (Lipinski definition) is 2. The zero-order valence-electron chi connectivity index (χ0n) is 6.76. The predicted octanol–water partition coefficient (Wildman–Crippen LogP) is 2.54. The minimum absolute atomic E-state index is 0.0968. The summed E-state index contributed by atoms with van der Waals surface area (Å²) in [7, 11) is 0. The second-order valence-electron chi connectivity index (χ2n) is 2.36. The number of halogens is 1. The van der Waals surface area contributed by atoms with Gasteiger partial charge >= 0.3 is 0 Å². The van der Waals surface area contributed by atoms with Crippen LogP contribution >= 0.6 is 27.3 Å². The van der Waals surface area contributed by atoms with Crippen molar-refractivity contribution in [2.45, 2.75) is 19.9 Å². The van der Waals surface area contributed by atoms with Crippen molar-refractivity contribution in [3.8, 4) is 0 Å². The molecule has 1 aromatic rings. The molecule has 0 aliphatic heterocycles. The van der Waals surface area contributed by atoms with E-state index in [9.17, 15) is 4.79 Å². The molecule has 1 rings (SSSR count). The van der Waals surface area contributed by atoms with Gasteiger partial charge in [0.15, 0.2) is 0 Å². The molecule has 1 aromatic heterocycles. The molecule has 0 spiro atoms. The summed E-state index contributed by atoms with van der Waals surface area (Å²) in [6, 6.07) is 2.01. The highest BCUT2D eigenvalue weighted by molar-refractivity contribution is 9.10. The van der Waals surface area contributed by atoms with Crippen LogP contribution in [0.25, 0.3) is 0 Å². The molecule has 0 aromatic carbocycles. The summed E-state index contributed by atoms with van der Waals surface area (Å²) >= 11 is 4.99. The fourth-order valence-corrected chi connectivity index (χ4v) is 2.15. The van der Waals surface area contributed by atoms with E-state index in [0.29, 0.717) is 13.0 Å². The summed E-state index contributed by atoms with van der Waals surface area (Å²) in [5.41, 5.74) is 0. The Kier molecular flexibility index (Phi) is 3.75. The van der Waals surface area contributed by atoms with E-state index in [1.165, 1.54) is 4.88 Å². The summed E-state index contributed by atoms with van der Waals surface area (Å²) in [5.74, 6) is 0.0968. The lowest BCUT2D eigenvalue weighted by atomic mass is 10.4. The maximum Gasteiger partial charge on any atom is 0.220 e.